The van der Waals surface area contributed by atoms with Gasteiger partial charge in [0.25, 0.3) is 0 Å². The fourth-order valence-corrected chi connectivity index (χ4v) is 3.80. The van der Waals surface area contributed by atoms with Crippen molar-refractivity contribution in [1.29, 1.82) is 0 Å². The van der Waals surface area contributed by atoms with Crippen molar-refractivity contribution in [2.24, 2.45) is 7.05 Å². The number of amides is 1. The van der Waals surface area contributed by atoms with Crippen LogP contribution in [0.1, 0.15) is 18.4 Å². The average Bonchev–Trinajstić information content (AvgIpc) is 3.17. The number of carbonyl (C=O) groups excluding carboxylic acids is 1. The van der Waals surface area contributed by atoms with Crippen LogP contribution in [0.3, 0.4) is 0 Å². The molecule has 1 fully saturated rings. The number of rotatable bonds is 6. The molecule has 0 saturated carbocycles. The van der Waals surface area contributed by atoms with Crippen LogP contribution in [-0.4, -0.2) is 34.9 Å². The summed E-state index contributed by atoms with van der Waals surface area (Å²) >= 11 is 5.94. The first kappa shape index (κ1) is 20.4. The molecule has 0 bridgehead atoms. The number of piperidine rings is 1. The number of aromatic nitrogens is 2. The van der Waals surface area contributed by atoms with Gasteiger partial charge in [0.15, 0.2) is 5.75 Å². The molecule has 0 spiro atoms. The van der Waals surface area contributed by atoms with Crippen molar-refractivity contribution in [3.8, 4) is 17.0 Å². The van der Waals surface area contributed by atoms with E-state index in [1.54, 1.807) is 23.0 Å². The van der Waals surface area contributed by atoms with Crippen molar-refractivity contribution in [3.63, 3.8) is 0 Å². The minimum atomic E-state index is -0.105. The highest BCUT2D eigenvalue weighted by Crippen LogP contribution is 2.37. The zero-order valence-electron chi connectivity index (χ0n) is 16.9. The minimum absolute atomic E-state index is 0.0556. The molecule has 1 amide bonds. The molecule has 30 heavy (non-hydrogen) atoms. The van der Waals surface area contributed by atoms with Crippen molar-refractivity contribution in [2.75, 3.05) is 18.4 Å². The number of nitrogens with zero attached hydrogens (tertiary/aromatic N) is 2. The first-order valence-electron chi connectivity index (χ1n) is 10.1. The summed E-state index contributed by atoms with van der Waals surface area (Å²) in [5.41, 5.74) is 3.41. The van der Waals surface area contributed by atoms with Gasteiger partial charge in [-0.15, -0.1) is 0 Å². The smallest absolute Gasteiger partial charge is 0.228 e. The van der Waals surface area contributed by atoms with E-state index in [0.29, 0.717) is 16.5 Å². The highest BCUT2D eigenvalue weighted by Gasteiger charge is 2.21. The Morgan fingerprint density at radius 3 is 2.80 bits per heavy atom. The monoisotopic (exact) mass is 424 g/mol. The second-order valence-electron chi connectivity index (χ2n) is 7.46. The first-order chi connectivity index (χ1) is 14.6. The van der Waals surface area contributed by atoms with Gasteiger partial charge in [0, 0.05) is 30.4 Å². The van der Waals surface area contributed by atoms with Crippen LogP contribution in [0.15, 0.2) is 54.7 Å². The van der Waals surface area contributed by atoms with E-state index in [-0.39, 0.29) is 18.4 Å². The van der Waals surface area contributed by atoms with Crippen LogP contribution >= 0.6 is 11.6 Å². The summed E-state index contributed by atoms with van der Waals surface area (Å²) in [6.45, 7) is 1.80. The predicted octanol–water partition coefficient (Wildman–Crippen LogP) is 4.05. The molecule has 7 heteroatoms. The van der Waals surface area contributed by atoms with Gasteiger partial charge in [-0.05, 0) is 55.3 Å². The van der Waals surface area contributed by atoms with Gasteiger partial charge in [0.2, 0.25) is 5.91 Å². The summed E-state index contributed by atoms with van der Waals surface area (Å²) in [6, 6.07) is 15.0. The van der Waals surface area contributed by atoms with Crippen molar-refractivity contribution in [1.82, 2.24) is 15.1 Å². The van der Waals surface area contributed by atoms with Crippen molar-refractivity contribution in [3.05, 3.63) is 65.3 Å². The number of benzene rings is 2. The van der Waals surface area contributed by atoms with E-state index in [1.807, 2.05) is 43.4 Å². The zero-order valence-corrected chi connectivity index (χ0v) is 17.7. The molecule has 6 nitrogen and oxygen atoms in total. The number of para-hydroxylation sites is 1. The van der Waals surface area contributed by atoms with Gasteiger partial charge in [-0.1, -0.05) is 29.8 Å². The molecule has 2 aromatic carbocycles. The second-order valence-corrected chi connectivity index (χ2v) is 7.90. The quantitative estimate of drug-likeness (QED) is 0.626. The highest BCUT2D eigenvalue weighted by molar-refractivity contribution is 6.30. The third-order valence-corrected chi connectivity index (χ3v) is 5.45. The molecule has 2 heterocycles. The maximum atomic E-state index is 12.7. The molecule has 3 aromatic rings. The summed E-state index contributed by atoms with van der Waals surface area (Å²) < 4.78 is 8.23. The molecule has 1 unspecified atom stereocenters. The molecule has 1 aromatic heterocycles. The lowest BCUT2D eigenvalue weighted by molar-refractivity contribution is -0.115. The Balaban J connectivity index is 1.61. The van der Waals surface area contributed by atoms with Crippen LogP contribution < -0.4 is 15.4 Å². The van der Waals surface area contributed by atoms with Crippen LogP contribution in [0.25, 0.3) is 11.3 Å². The first-order valence-corrected chi connectivity index (χ1v) is 10.5. The van der Waals surface area contributed by atoms with Crippen molar-refractivity contribution in [2.45, 2.75) is 25.4 Å². The maximum absolute atomic E-state index is 12.7. The number of carbonyl (C=O) groups is 1. The summed E-state index contributed by atoms with van der Waals surface area (Å²) in [5, 5.41) is 11.4. The Kier molecular flexibility index (Phi) is 6.35. The molecular formula is C23H25ClN4O2. The maximum Gasteiger partial charge on any atom is 0.228 e. The number of hydrogen-bond donors (Lipinski definition) is 2. The van der Waals surface area contributed by atoms with Gasteiger partial charge in [-0.25, -0.2) is 0 Å². The van der Waals surface area contributed by atoms with Gasteiger partial charge in [0.1, 0.15) is 6.10 Å². The number of anilines is 1. The molecule has 0 radical (unpaired) electrons. The third-order valence-electron chi connectivity index (χ3n) is 5.20. The van der Waals surface area contributed by atoms with Crippen molar-refractivity contribution < 1.29 is 9.53 Å². The fourth-order valence-electron chi connectivity index (χ4n) is 3.67. The van der Waals surface area contributed by atoms with Gasteiger partial charge in [0.05, 0.1) is 17.8 Å². The average molecular weight is 425 g/mol. The van der Waals surface area contributed by atoms with Crippen LogP contribution in [-0.2, 0) is 18.3 Å². The van der Waals surface area contributed by atoms with E-state index in [4.69, 9.17) is 16.3 Å². The number of hydrogen-bond acceptors (Lipinski definition) is 4. The molecule has 156 valence electrons. The SMILES string of the molecule is Cn1nccc1-c1cccc(NC(=O)Cc2ccc(Cl)cc2)c1OC1CCCNC1. The van der Waals surface area contributed by atoms with Gasteiger partial charge in [-0.3, -0.25) is 9.48 Å². The molecule has 0 aliphatic carbocycles. The summed E-state index contributed by atoms with van der Waals surface area (Å²) in [7, 11) is 1.90. The van der Waals surface area contributed by atoms with E-state index in [2.05, 4.69) is 15.7 Å². The molecule has 1 saturated heterocycles. The highest BCUT2D eigenvalue weighted by atomic mass is 35.5. The zero-order chi connectivity index (χ0) is 20.9. The third kappa shape index (κ3) is 4.83. The predicted molar refractivity (Wildman–Crippen MR) is 119 cm³/mol. The summed E-state index contributed by atoms with van der Waals surface area (Å²) in [4.78, 5) is 12.7. The Bertz CT molecular complexity index is 1010. The van der Waals surface area contributed by atoms with E-state index in [1.165, 1.54) is 0 Å². The molecule has 1 aliphatic rings. The van der Waals surface area contributed by atoms with Crippen LogP contribution in [0.5, 0.6) is 5.75 Å². The number of halogens is 1. The lowest BCUT2D eigenvalue weighted by atomic mass is 10.1. The Morgan fingerprint density at radius 2 is 2.10 bits per heavy atom. The van der Waals surface area contributed by atoms with Crippen LogP contribution in [0.4, 0.5) is 5.69 Å². The Hall–Kier alpha value is -2.83. The van der Waals surface area contributed by atoms with Gasteiger partial charge >= 0.3 is 0 Å². The molecule has 2 N–H and O–H groups in total. The van der Waals surface area contributed by atoms with Gasteiger partial charge < -0.3 is 15.4 Å². The van der Waals surface area contributed by atoms with Crippen LogP contribution in [0.2, 0.25) is 5.02 Å². The van der Waals surface area contributed by atoms with E-state index < -0.39 is 0 Å². The molecule has 1 atom stereocenters. The fraction of sp³-hybridized carbons (Fsp3) is 0.304. The largest absolute Gasteiger partial charge is 0.486 e. The lowest BCUT2D eigenvalue weighted by Gasteiger charge is -2.26. The normalized spacial score (nSPS) is 16.3. The Morgan fingerprint density at radius 1 is 1.27 bits per heavy atom. The summed E-state index contributed by atoms with van der Waals surface area (Å²) in [5.74, 6) is 0.574. The number of ether oxygens (including phenoxy) is 1. The Labute approximate surface area is 181 Å². The van der Waals surface area contributed by atoms with E-state index >= 15 is 0 Å². The summed E-state index contributed by atoms with van der Waals surface area (Å²) in [6.07, 6.45) is 4.12. The second kappa shape index (κ2) is 9.32. The van der Waals surface area contributed by atoms with E-state index in [9.17, 15) is 4.79 Å². The van der Waals surface area contributed by atoms with E-state index in [0.717, 1.165) is 42.8 Å². The lowest BCUT2D eigenvalue weighted by Crippen LogP contribution is -2.37. The number of aryl methyl sites for hydroxylation is 1. The topological polar surface area (TPSA) is 68.2 Å². The van der Waals surface area contributed by atoms with Crippen LogP contribution in [0, 0.1) is 0 Å². The molecular weight excluding hydrogens is 400 g/mol. The van der Waals surface area contributed by atoms with Gasteiger partial charge in [-0.2, -0.15) is 5.10 Å². The molecule has 1 aliphatic heterocycles. The number of nitrogens with one attached hydrogen (secondary N) is 2. The minimum Gasteiger partial charge on any atom is -0.486 e. The standard InChI is InChI=1S/C23H25ClN4O2/c1-28-21(11-13-26-28)19-5-2-6-20(23(19)30-18-4-3-12-25-15-18)27-22(29)14-16-7-9-17(24)10-8-16/h2,5-11,13,18,25H,3-4,12,14-15H2,1H3,(H,27,29). The molecule has 4 rings (SSSR count). The van der Waals surface area contributed by atoms with Crippen molar-refractivity contribution >= 4 is 23.2 Å².